The third kappa shape index (κ3) is 2.34. The topological polar surface area (TPSA) is 38.9 Å². The van der Waals surface area contributed by atoms with E-state index in [1.54, 1.807) is 6.92 Å². The fraction of sp³-hybridized carbons (Fsp3) is 0.500. The first-order chi connectivity index (χ1) is 6.15. The molecule has 0 fully saturated rings. The molecule has 0 amide bonds. The molecule has 0 aromatic carbocycles. The maximum absolute atomic E-state index is 12.0. The van der Waals surface area contributed by atoms with Gasteiger partial charge in [0.05, 0.1) is 0 Å². The van der Waals surface area contributed by atoms with Gasteiger partial charge in [-0.05, 0) is 13.3 Å². The van der Waals surface area contributed by atoms with Gasteiger partial charge in [-0.1, -0.05) is 13.0 Å². The zero-order chi connectivity index (χ0) is 9.84. The summed E-state index contributed by atoms with van der Waals surface area (Å²) in [4.78, 5) is 0. The van der Waals surface area contributed by atoms with Crippen LogP contribution in [0, 0.1) is 0 Å². The molecular weight excluding hydrogens is 178 g/mol. The van der Waals surface area contributed by atoms with E-state index >= 15 is 0 Å². The quantitative estimate of drug-likeness (QED) is 0.732. The van der Waals surface area contributed by atoms with E-state index in [-0.39, 0.29) is 5.89 Å². The highest BCUT2D eigenvalue weighted by Gasteiger charge is 2.16. The molecule has 0 unspecified atom stereocenters. The summed E-state index contributed by atoms with van der Waals surface area (Å²) in [6.45, 7) is 3.68. The first kappa shape index (κ1) is 9.83. The van der Waals surface area contributed by atoms with Crippen molar-refractivity contribution in [3.8, 4) is 0 Å². The van der Waals surface area contributed by atoms with Crippen molar-refractivity contribution in [2.75, 3.05) is 0 Å². The van der Waals surface area contributed by atoms with Gasteiger partial charge >= 0.3 is 6.43 Å². The zero-order valence-electron chi connectivity index (χ0n) is 7.42. The van der Waals surface area contributed by atoms with Gasteiger partial charge in [0.25, 0.3) is 5.89 Å². The van der Waals surface area contributed by atoms with Gasteiger partial charge in [0.2, 0.25) is 5.89 Å². The summed E-state index contributed by atoms with van der Waals surface area (Å²) in [6, 6.07) is 0. The molecule has 0 aliphatic carbocycles. The van der Waals surface area contributed by atoms with Gasteiger partial charge in [0, 0.05) is 5.57 Å². The van der Waals surface area contributed by atoms with Crippen molar-refractivity contribution in [3.63, 3.8) is 0 Å². The summed E-state index contributed by atoms with van der Waals surface area (Å²) >= 11 is 0. The number of halogens is 2. The largest absolute Gasteiger partial charge is 0.415 e. The second-order valence-corrected chi connectivity index (χ2v) is 2.54. The molecule has 0 N–H and O–H groups in total. The Morgan fingerprint density at radius 2 is 2.23 bits per heavy atom. The molecule has 13 heavy (non-hydrogen) atoms. The lowest BCUT2D eigenvalue weighted by atomic mass is 10.2. The predicted octanol–water partition coefficient (Wildman–Crippen LogP) is 2.82. The number of aromatic nitrogens is 2. The minimum atomic E-state index is -2.70. The molecule has 0 radical (unpaired) electrons. The average molecular weight is 188 g/mol. The SMILES string of the molecule is CC/C=C(/C)c1nnc(C(F)F)o1. The van der Waals surface area contributed by atoms with Crippen LogP contribution in [0.25, 0.3) is 5.57 Å². The molecule has 3 nitrogen and oxygen atoms in total. The van der Waals surface area contributed by atoms with Crippen molar-refractivity contribution < 1.29 is 13.2 Å². The molecule has 0 bridgehead atoms. The van der Waals surface area contributed by atoms with Gasteiger partial charge < -0.3 is 4.42 Å². The minimum Gasteiger partial charge on any atom is -0.415 e. The monoisotopic (exact) mass is 188 g/mol. The van der Waals surface area contributed by atoms with E-state index in [4.69, 9.17) is 4.42 Å². The molecule has 1 rings (SSSR count). The second kappa shape index (κ2) is 4.11. The third-order valence-electron chi connectivity index (χ3n) is 1.47. The Morgan fingerprint density at radius 1 is 1.54 bits per heavy atom. The molecule has 72 valence electrons. The van der Waals surface area contributed by atoms with E-state index in [9.17, 15) is 8.78 Å². The van der Waals surface area contributed by atoms with Gasteiger partial charge in [-0.15, -0.1) is 10.2 Å². The predicted molar refractivity (Wildman–Crippen MR) is 43.2 cm³/mol. The van der Waals surface area contributed by atoms with Gasteiger partial charge in [-0.25, -0.2) is 0 Å². The van der Waals surface area contributed by atoms with Gasteiger partial charge in [0.15, 0.2) is 0 Å². The van der Waals surface area contributed by atoms with Gasteiger partial charge in [0.1, 0.15) is 0 Å². The molecule has 0 aliphatic rings. The van der Waals surface area contributed by atoms with Crippen LogP contribution in [-0.4, -0.2) is 10.2 Å². The molecule has 1 heterocycles. The summed E-state index contributed by atoms with van der Waals surface area (Å²) in [5, 5.41) is 6.70. The summed E-state index contributed by atoms with van der Waals surface area (Å²) < 4.78 is 28.7. The lowest BCUT2D eigenvalue weighted by molar-refractivity contribution is 0.114. The Labute approximate surface area is 74.5 Å². The van der Waals surface area contributed by atoms with Crippen LogP contribution in [0.2, 0.25) is 0 Å². The Kier molecular flexibility index (Phi) is 3.11. The van der Waals surface area contributed by atoms with E-state index in [1.807, 2.05) is 13.0 Å². The fourth-order valence-corrected chi connectivity index (χ4v) is 0.876. The van der Waals surface area contributed by atoms with Crippen molar-refractivity contribution in [1.82, 2.24) is 10.2 Å². The van der Waals surface area contributed by atoms with Crippen LogP contribution >= 0.6 is 0 Å². The van der Waals surface area contributed by atoms with Crippen LogP contribution in [0.5, 0.6) is 0 Å². The number of alkyl halides is 2. The van der Waals surface area contributed by atoms with Crippen LogP contribution in [0.15, 0.2) is 10.5 Å². The highest BCUT2D eigenvalue weighted by atomic mass is 19.3. The van der Waals surface area contributed by atoms with Crippen LogP contribution < -0.4 is 0 Å². The normalized spacial score (nSPS) is 12.5. The van der Waals surface area contributed by atoms with Gasteiger partial charge in [-0.3, -0.25) is 0 Å². The maximum Gasteiger partial charge on any atom is 0.314 e. The van der Waals surface area contributed by atoms with Crippen molar-refractivity contribution in [2.24, 2.45) is 0 Å². The Hall–Kier alpha value is -1.26. The fourth-order valence-electron chi connectivity index (χ4n) is 0.876. The lowest BCUT2D eigenvalue weighted by Crippen LogP contribution is -1.81. The number of allylic oxidation sites excluding steroid dienone is 2. The van der Waals surface area contributed by atoms with Crippen LogP contribution in [0.4, 0.5) is 8.78 Å². The number of hydrogen-bond donors (Lipinski definition) is 0. The first-order valence-corrected chi connectivity index (χ1v) is 3.93. The van der Waals surface area contributed by atoms with E-state index in [2.05, 4.69) is 10.2 Å². The number of hydrogen-bond acceptors (Lipinski definition) is 3. The third-order valence-corrected chi connectivity index (χ3v) is 1.47. The maximum atomic E-state index is 12.0. The lowest BCUT2D eigenvalue weighted by Gasteiger charge is -1.91. The average Bonchev–Trinajstić information content (AvgIpc) is 2.52. The summed E-state index contributed by atoms with van der Waals surface area (Å²) in [6.07, 6.45) is -0.0586. The molecule has 0 saturated heterocycles. The van der Waals surface area contributed by atoms with E-state index in [0.717, 1.165) is 12.0 Å². The minimum absolute atomic E-state index is 0.164. The summed E-state index contributed by atoms with van der Waals surface area (Å²) in [5.74, 6) is -0.462. The molecule has 5 heteroatoms. The molecule has 1 aromatic heterocycles. The zero-order valence-corrected chi connectivity index (χ0v) is 7.42. The van der Waals surface area contributed by atoms with Crippen molar-refractivity contribution in [1.29, 1.82) is 0 Å². The first-order valence-electron chi connectivity index (χ1n) is 3.93. The van der Waals surface area contributed by atoms with Crippen molar-refractivity contribution in [3.05, 3.63) is 17.9 Å². The number of rotatable bonds is 3. The Morgan fingerprint density at radius 3 is 2.69 bits per heavy atom. The Bertz CT molecular complexity index is 307. The second-order valence-electron chi connectivity index (χ2n) is 2.54. The smallest absolute Gasteiger partial charge is 0.314 e. The highest BCUT2D eigenvalue weighted by Crippen LogP contribution is 2.20. The van der Waals surface area contributed by atoms with E-state index in [1.165, 1.54) is 0 Å². The van der Waals surface area contributed by atoms with Gasteiger partial charge in [-0.2, -0.15) is 8.78 Å². The molecule has 0 spiro atoms. The Balaban J connectivity index is 2.85. The molecule has 0 atom stereocenters. The number of nitrogens with zero attached hydrogens (tertiary/aromatic N) is 2. The van der Waals surface area contributed by atoms with Crippen molar-refractivity contribution in [2.45, 2.75) is 26.7 Å². The molecule has 0 saturated carbocycles. The highest BCUT2D eigenvalue weighted by molar-refractivity contribution is 5.55. The van der Waals surface area contributed by atoms with E-state index < -0.39 is 12.3 Å². The summed E-state index contributed by atoms with van der Waals surface area (Å²) in [5.41, 5.74) is 0.724. The standard InChI is InChI=1S/C8H10F2N2O/c1-3-4-5(2)7-11-12-8(13-7)6(9)10/h4,6H,3H2,1-2H3/b5-4-. The van der Waals surface area contributed by atoms with Crippen LogP contribution in [0.1, 0.15) is 38.5 Å². The van der Waals surface area contributed by atoms with E-state index in [0.29, 0.717) is 0 Å². The summed E-state index contributed by atoms with van der Waals surface area (Å²) in [7, 11) is 0. The molecule has 0 aliphatic heterocycles. The van der Waals surface area contributed by atoms with Crippen LogP contribution in [0.3, 0.4) is 0 Å². The molecular formula is C8H10F2N2O. The molecule has 1 aromatic rings. The van der Waals surface area contributed by atoms with Crippen LogP contribution in [-0.2, 0) is 0 Å². The van der Waals surface area contributed by atoms with Crippen molar-refractivity contribution >= 4 is 5.57 Å².